The van der Waals surface area contributed by atoms with Gasteiger partial charge in [-0.3, -0.25) is 0 Å². The summed E-state index contributed by atoms with van der Waals surface area (Å²) >= 11 is 0. The first-order valence-electron chi connectivity index (χ1n) is 12.9. The van der Waals surface area contributed by atoms with E-state index in [-0.39, 0.29) is 0 Å². The van der Waals surface area contributed by atoms with Crippen molar-refractivity contribution in [1.29, 1.82) is 0 Å². The van der Waals surface area contributed by atoms with E-state index in [1.807, 2.05) is 0 Å². The molecule has 2 fully saturated rings. The first-order chi connectivity index (χ1) is 15.3. The number of hydrogen-bond acceptors (Lipinski definition) is 2. The van der Waals surface area contributed by atoms with Crippen molar-refractivity contribution in [2.75, 3.05) is 40.3 Å². The van der Waals surface area contributed by atoms with Crippen LogP contribution in [0.25, 0.3) is 0 Å². The van der Waals surface area contributed by atoms with Gasteiger partial charge in [-0.25, -0.2) is 0 Å². The Labute approximate surface area is 198 Å². The molecule has 4 rings (SSSR count). The molecular formula is C30H46N2. The molecule has 0 atom stereocenters. The fourth-order valence-electron chi connectivity index (χ4n) is 5.01. The van der Waals surface area contributed by atoms with Gasteiger partial charge in [0, 0.05) is 0 Å². The lowest BCUT2D eigenvalue weighted by Crippen LogP contribution is -2.29. The van der Waals surface area contributed by atoms with Gasteiger partial charge >= 0.3 is 0 Å². The van der Waals surface area contributed by atoms with Crippen LogP contribution < -0.4 is 0 Å². The summed E-state index contributed by atoms with van der Waals surface area (Å²) < 4.78 is 0. The summed E-state index contributed by atoms with van der Waals surface area (Å²) in [5.41, 5.74) is 6.03. The maximum Gasteiger partial charge on any atom is -0.00159 e. The first kappa shape index (κ1) is 25.0. The van der Waals surface area contributed by atoms with Crippen molar-refractivity contribution < 1.29 is 0 Å². The molecule has 176 valence electrons. The summed E-state index contributed by atoms with van der Waals surface area (Å²) in [7, 11) is 4.44. The highest BCUT2D eigenvalue weighted by Crippen LogP contribution is 2.30. The Balaban J connectivity index is 0.000000181. The van der Waals surface area contributed by atoms with Gasteiger partial charge in [0.2, 0.25) is 0 Å². The van der Waals surface area contributed by atoms with Crippen molar-refractivity contribution >= 4 is 0 Å². The third-order valence-corrected chi connectivity index (χ3v) is 7.56. The Morgan fingerprint density at radius 1 is 0.594 bits per heavy atom. The SMILES string of the molecule is CC(C)c1ccc(C2CCN(C)CC2)cc1.CC(C)c1cccc(C2CCN(C)CC2)c1. The van der Waals surface area contributed by atoms with Gasteiger partial charge in [-0.05, 0) is 112 Å². The molecule has 2 aliphatic rings. The molecule has 32 heavy (non-hydrogen) atoms. The number of piperidine rings is 2. The van der Waals surface area contributed by atoms with Crippen molar-refractivity contribution in [3.05, 3.63) is 70.8 Å². The van der Waals surface area contributed by atoms with E-state index in [9.17, 15) is 0 Å². The molecule has 0 aromatic heterocycles. The standard InChI is InChI=1S/2C15H23N/c1-12(2)13-4-6-14(7-5-13)15-8-10-16(3)11-9-15;1-12(2)14-5-4-6-15(11-14)13-7-9-16(3)10-8-13/h4-7,12,15H,8-11H2,1-3H3;4-6,11-13H,7-10H2,1-3H3. The van der Waals surface area contributed by atoms with Gasteiger partial charge in [-0.15, -0.1) is 0 Å². The quantitative estimate of drug-likeness (QED) is 0.500. The molecule has 0 aliphatic carbocycles. The van der Waals surface area contributed by atoms with E-state index in [0.29, 0.717) is 11.8 Å². The van der Waals surface area contributed by atoms with E-state index in [2.05, 4.69) is 100 Å². The highest BCUT2D eigenvalue weighted by Gasteiger charge is 2.19. The second-order valence-corrected chi connectivity index (χ2v) is 10.8. The Morgan fingerprint density at radius 3 is 1.53 bits per heavy atom. The smallest absolute Gasteiger partial charge is 0.00159 e. The van der Waals surface area contributed by atoms with Crippen LogP contribution in [0.4, 0.5) is 0 Å². The minimum atomic E-state index is 0.645. The van der Waals surface area contributed by atoms with E-state index in [1.54, 1.807) is 5.56 Å². The second-order valence-electron chi connectivity index (χ2n) is 10.8. The average molecular weight is 435 g/mol. The van der Waals surface area contributed by atoms with Crippen molar-refractivity contribution in [1.82, 2.24) is 9.80 Å². The summed E-state index contributed by atoms with van der Waals surface area (Å²) in [5.74, 6) is 2.87. The fraction of sp³-hybridized carbons (Fsp3) is 0.600. The molecule has 0 spiro atoms. The van der Waals surface area contributed by atoms with Crippen molar-refractivity contribution in [3.8, 4) is 0 Å². The van der Waals surface area contributed by atoms with Gasteiger partial charge in [0.25, 0.3) is 0 Å². The summed E-state index contributed by atoms with van der Waals surface area (Å²) in [6.07, 6.45) is 5.27. The molecule has 2 aliphatic heterocycles. The van der Waals surface area contributed by atoms with Crippen LogP contribution in [0.1, 0.15) is 99.3 Å². The van der Waals surface area contributed by atoms with Crippen LogP contribution >= 0.6 is 0 Å². The summed E-state index contributed by atoms with van der Waals surface area (Å²) in [5, 5.41) is 0. The fourth-order valence-corrected chi connectivity index (χ4v) is 5.01. The van der Waals surface area contributed by atoms with Crippen molar-refractivity contribution in [2.24, 2.45) is 0 Å². The Morgan fingerprint density at radius 2 is 1.06 bits per heavy atom. The molecule has 2 aromatic carbocycles. The summed E-state index contributed by atoms with van der Waals surface area (Å²) in [6, 6.07) is 18.5. The van der Waals surface area contributed by atoms with E-state index < -0.39 is 0 Å². The van der Waals surface area contributed by atoms with E-state index >= 15 is 0 Å². The normalized spacial score (nSPS) is 19.2. The van der Waals surface area contributed by atoms with Gasteiger partial charge in [-0.1, -0.05) is 76.2 Å². The molecule has 0 N–H and O–H groups in total. The van der Waals surface area contributed by atoms with Crippen LogP contribution in [0.2, 0.25) is 0 Å². The zero-order valence-corrected chi connectivity index (χ0v) is 21.5. The van der Waals surface area contributed by atoms with Gasteiger partial charge in [0.1, 0.15) is 0 Å². The van der Waals surface area contributed by atoms with Crippen LogP contribution in [-0.2, 0) is 0 Å². The van der Waals surface area contributed by atoms with Gasteiger partial charge in [0.05, 0.1) is 0 Å². The predicted molar refractivity (Wildman–Crippen MR) is 140 cm³/mol. The average Bonchev–Trinajstić information content (AvgIpc) is 2.81. The lowest BCUT2D eigenvalue weighted by Gasteiger charge is -2.29. The van der Waals surface area contributed by atoms with Gasteiger partial charge in [-0.2, -0.15) is 0 Å². The molecule has 2 nitrogen and oxygen atoms in total. The maximum atomic E-state index is 2.43. The number of rotatable bonds is 4. The lowest BCUT2D eigenvalue weighted by atomic mass is 9.87. The summed E-state index contributed by atoms with van der Waals surface area (Å²) in [6.45, 7) is 14.0. The Bertz CT molecular complexity index is 792. The topological polar surface area (TPSA) is 6.48 Å². The minimum Gasteiger partial charge on any atom is -0.306 e. The van der Waals surface area contributed by atoms with Crippen molar-refractivity contribution in [3.63, 3.8) is 0 Å². The molecular weight excluding hydrogens is 388 g/mol. The minimum absolute atomic E-state index is 0.645. The lowest BCUT2D eigenvalue weighted by molar-refractivity contribution is 0.255. The highest BCUT2D eigenvalue weighted by atomic mass is 15.1. The van der Waals surface area contributed by atoms with Crippen LogP contribution in [0.3, 0.4) is 0 Å². The number of likely N-dealkylation sites (tertiary alicyclic amines) is 2. The maximum absolute atomic E-state index is 2.43. The zero-order valence-electron chi connectivity index (χ0n) is 21.5. The second kappa shape index (κ2) is 12.0. The zero-order chi connectivity index (χ0) is 23.1. The van der Waals surface area contributed by atoms with Gasteiger partial charge in [0.15, 0.2) is 0 Å². The molecule has 2 aromatic rings. The molecule has 2 heterocycles. The van der Waals surface area contributed by atoms with Crippen LogP contribution in [0, 0.1) is 0 Å². The van der Waals surface area contributed by atoms with E-state index in [4.69, 9.17) is 0 Å². The first-order valence-corrected chi connectivity index (χ1v) is 12.9. The van der Waals surface area contributed by atoms with Crippen molar-refractivity contribution in [2.45, 2.75) is 77.0 Å². The number of hydrogen-bond donors (Lipinski definition) is 0. The largest absolute Gasteiger partial charge is 0.306 e. The molecule has 0 bridgehead atoms. The van der Waals surface area contributed by atoms with Gasteiger partial charge < -0.3 is 9.80 Å². The van der Waals surface area contributed by atoms with Crippen LogP contribution in [0.15, 0.2) is 48.5 Å². The number of benzene rings is 2. The molecule has 2 saturated heterocycles. The number of nitrogens with zero attached hydrogens (tertiary/aromatic N) is 2. The summed E-state index contributed by atoms with van der Waals surface area (Å²) in [4.78, 5) is 4.86. The Kier molecular flexibility index (Phi) is 9.37. The van der Waals surface area contributed by atoms with Crippen LogP contribution in [-0.4, -0.2) is 50.1 Å². The highest BCUT2D eigenvalue weighted by molar-refractivity contribution is 5.29. The predicted octanol–water partition coefficient (Wildman–Crippen LogP) is 7.24. The molecule has 0 radical (unpaired) electrons. The van der Waals surface area contributed by atoms with E-state index in [0.717, 1.165) is 11.8 Å². The molecule has 0 amide bonds. The molecule has 0 unspecified atom stereocenters. The van der Waals surface area contributed by atoms with E-state index in [1.165, 1.54) is 68.6 Å². The van der Waals surface area contributed by atoms with Crippen LogP contribution in [0.5, 0.6) is 0 Å². The third kappa shape index (κ3) is 7.18. The Hall–Kier alpha value is -1.64. The molecule has 0 saturated carbocycles. The molecule has 2 heteroatoms. The third-order valence-electron chi connectivity index (χ3n) is 7.56. The monoisotopic (exact) mass is 434 g/mol.